The number of rotatable bonds is 2. The fraction of sp³-hybridized carbons (Fsp3) is 0.500. The quantitative estimate of drug-likeness (QED) is 0.723. The highest BCUT2D eigenvalue weighted by atomic mass is 19.1. The van der Waals surface area contributed by atoms with Crippen molar-refractivity contribution in [1.29, 1.82) is 0 Å². The third-order valence-corrected chi connectivity index (χ3v) is 2.60. The summed E-state index contributed by atoms with van der Waals surface area (Å²) in [4.78, 5) is 0. The van der Waals surface area contributed by atoms with Crippen molar-refractivity contribution < 1.29 is 14.6 Å². The summed E-state index contributed by atoms with van der Waals surface area (Å²) in [5.41, 5.74) is 5.61. The van der Waals surface area contributed by atoms with E-state index >= 15 is 0 Å². The van der Waals surface area contributed by atoms with Gasteiger partial charge in [-0.2, -0.15) is 0 Å². The molecule has 3 nitrogen and oxygen atoms in total. The van der Waals surface area contributed by atoms with Crippen molar-refractivity contribution in [3.05, 3.63) is 29.6 Å². The summed E-state index contributed by atoms with van der Waals surface area (Å²) in [6, 6.07) is 3.31. The minimum Gasteiger partial charge on any atom is -0.505 e. The van der Waals surface area contributed by atoms with Gasteiger partial charge in [-0.3, -0.25) is 0 Å². The van der Waals surface area contributed by atoms with Crippen molar-refractivity contribution in [1.82, 2.24) is 0 Å². The second kappa shape index (κ2) is 4.39. The highest BCUT2D eigenvalue weighted by Gasteiger charge is 2.30. The Bertz CT molecular complexity index is 374. The third kappa shape index (κ3) is 2.51. The predicted octanol–water partition coefficient (Wildman–Crippen LogP) is 1.94. The van der Waals surface area contributed by atoms with E-state index in [1.807, 2.05) is 20.8 Å². The molecule has 0 heterocycles. The van der Waals surface area contributed by atoms with Gasteiger partial charge >= 0.3 is 0 Å². The molecule has 2 atom stereocenters. The molecule has 90 valence electrons. The Labute approximate surface area is 94.7 Å². The molecule has 0 aromatic heterocycles. The number of para-hydroxylation sites is 1. The first kappa shape index (κ1) is 12.9. The molecule has 0 fully saturated rings. The lowest BCUT2D eigenvalue weighted by Gasteiger charge is -2.31. The SMILES string of the molecule is CC(C)(C)[C@H](O)[C@H](N)c1cccc(F)c1O. The van der Waals surface area contributed by atoms with Crippen LogP contribution in [0.15, 0.2) is 18.2 Å². The lowest BCUT2D eigenvalue weighted by atomic mass is 9.82. The van der Waals surface area contributed by atoms with Crippen LogP contribution < -0.4 is 5.73 Å². The number of phenolic OH excluding ortho intramolecular Hbond substituents is 1. The minimum absolute atomic E-state index is 0.224. The van der Waals surface area contributed by atoms with Crippen molar-refractivity contribution in [3.63, 3.8) is 0 Å². The Kier molecular flexibility index (Phi) is 3.55. The Balaban J connectivity index is 3.06. The maximum absolute atomic E-state index is 13.1. The van der Waals surface area contributed by atoms with Gasteiger partial charge in [0.15, 0.2) is 11.6 Å². The summed E-state index contributed by atoms with van der Waals surface area (Å²) in [5, 5.41) is 19.5. The van der Waals surface area contributed by atoms with Gasteiger partial charge in [-0.25, -0.2) is 4.39 Å². The smallest absolute Gasteiger partial charge is 0.165 e. The van der Waals surface area contributed by atoms with Gasteiger partial charge in [0.05, 0.1) is 12.1 Å². The number of aliphatic hydroxyl groups excluding tert-OH is 1. The van der Waals surface area contributed by atoms with Crippen molar-refractivity contribution in [2.75, 3.05) is 0 Å². The molecule has 0 aliphatic carbocycles. The van der Waals surface area contributed by atoms with Crippen molar-refractivity contribution in [2.24, 2.45) is 11.1 Å². The molecular formula is C12H18FNO2. The molecule has 1 aromatic rings. The lowest BCUT2D eigenvalue weighted by Crippen LogP contribution is -2.37. The van der Waals surface area contributed by atoms with Gasteiger partial charge in [0.1, 0.15) is 0 Å². The number of aliphatic hydroxyl groups is 1. The molecule has 0 amide bonds. The van der Waals surface area contributed by atoms with Crippen LogP contribution in [0.2, 0.25) is 0 Å². The van der Waals surface area contributed by atoms with E-state index in [0.717, 1.165) is 6.07 Å². The van der Waals surface area contributed by atoms with Gasteiger partial charge in [0.2, 0.25) is 0 Å². The molecule has 0 aliphatic rings. The van der Waals surface area contributed by atoms with Crippen LogP contribution in [0, 0.1) is 11.2 Å². The summed E-state index contributed by atoms with van der Waals surface area (Å²) in [7, 11) is 0. The molecular weight excluding hydrogens is 209 g/mol. The number of benzene rings is 1. The van der Waals surface area contributed by atoms with Crippen molar-refractivity contribution >= 4 is 0 Å². The van der Waals surface area contributed by atoms with E-state index < -0.39 is 29.1 Å². The molecule has 0 aliphatic heterocycles. The number of halogens is 1. The Hall–Kier alpha value is -1.13. The van der Waals surface area contributed by atoms with E-state index in [9.17, 15) is 14.6 Å². The molecule has 1 rings (SSSR count). The minimum atomic E-state index is -0.861. The summed E-state index contributed by atoms with van der Waals surface area (Å²) >= 11 is 0. The highest BCUT2D eigenvalue weighted by Crippen LogP contribution is 2.33. The topological polar surface area (TPSA) is 66.5 Å². The molecule has 0 radical (unpaired) electrons. The second-order valence-electron chi connectivity index (χ2n) is 5.01. The highest BCUT2D eigenvalue weighted by molar-refractivity contribution is 5.36. The van der Waals surface area contributed by atoms with Crippen LogP contribution in [-0.2, 0) is 0 Å². The average molecular weight is 227 g/mol. The zero-order valence-electron chi connectivity index (χ0n) is 9.74. The fourth-order valence-corrected chi connectivity index (χ4v) is 1.51. The molecule has 16 heavy (non-hydrogen) atoms. The number of phenols is 1. The maximum atomic E-state index is 13.1. The molecule has 0 unspecified atom stereocenters. The van der Waals surface area contributed by atoms with E-state index in [1.165, 1.54) is 12.1 Å². The molecule has 1 aromatic carbocycles. The van der Waals surface area contributed by atoms with Crippen LogP contribution in [0.5, 0.6) is 5.75 Å². The van der Waals surface area contributed by atoms with E-state index in [2.05, 4.69) is 0 Å². The van der Waals surface area contributed by atoms with Crippen LogP contribution in [0.4, 0.5) is 4.39 Å². The Morgan fingerprint density at radius 3 is 2.38 bits per heavy atom. The first-order valence-corrected chi connectivity index (χ1v) is 5.16. The Morgan fingerprint density at radius 1 is 1.31 bits per heavy atom. The summed E-state index contributed by atoms with van der Waals surface area (Å²) in [6.45, 7) is 5.48. The zero-order chi connectivity index (χ0) is 12.5. The lowest BCUT2D eigenvalue weighted by molar-refractivity contribution is 0.0393. The molecule has 0 bridgehead atoms. The van der Waals surface area contributed by atoms with Gasteiger partial charge in [-0.1, -0.05) is 32.9 Å². The molecule has 4 heteroatoms. The van der Waals surface area contributed by atoms with Crippen LogP contribution >= 0.6 is 0 Å². The van der Waals surface area contributed by atoms with Gasteiger partial charge in [0, 0.05) is 5.56 Å². The van der Waals surface area contributed by atoms with Crippen LogP contribution in [-0.4, -0.2) is 16.3 Å². The van der Waals surface area contributed by atoms with Crippen molar-refractivity contribution in [3.8, 4) is 5.75 Å². The van der Waals surface area contributed by atoms with Gasteiger partial charge in [-0.05, 0) is 11.5 Å². The third-order valence-electron chi connectivity index (χ3n) is 2.60. The molecule has 0 saturated heterocycles. The summed E-state index contributed by atoms with van der Waals surface area (Å²) < 4.78 is 13.1. The predicted molar refractivity (Wildman–Crippen MR) is 60.5 cm³/mol. The second-order valence-corrected chi connectivity index (χ2v) is 5.01. The molecule has 0 saturated carbocycles. The number of hydrogen-bond donors (Lipinski definition) is 3. The first-order chi connectivity index (χ1) is 7.25. The standard InChI is InChI=1S/C12H18FNO2/c1-12(2,3)11(16)9(14)7-5-4-6-8(13)10(7)15/h4-6,9,11,15-16H,14H2,1-3H3/t9-,11-/m1/s1. The molecule has 4 N–H and O–H groups in total. The van der Waals surface area contributed by atoms with Crippen LogP contribution in [0.3, 0.4) is 0 Å². The monoisotopic (exact) mass is 227 g/mol. The van der Waals surface area contributed by atoms with Crippen LogP contribution in [0.25, 0.3) is 0 Å². The first-order valence-electron chi connectivity index (χ1n) is 5.16. The van der Waals surface area contributed by atoms with Gasteiger partial charge < -0.3 is 15.9 Å². The van der Waals surface area contributed by atoms with E-state index in [-0.39, 0.29) is 5.56 Å². The maximum Gasteiger partial charge on any atom is 0.165 e. The summed E-state index contributed by atoms with van der Waals surface area (Å²) in [6.07, 6.45) is -0.861. The number of nitrogens with two attached hydrogens (primary N) is 1. The van der Waals surface area contributed by atoms with E-state index in [0.29, 0.717) is 0 Å². The fourth-order valence-electron chi connectivity index (χ4n) is 1.51. The van der Waals surface area contributed by atoms with Crippen LogP contribution in [0.1, 0.15) is 32.4 Å². The number of hydrogen-bond acceptors (Lipinski definition) is 3. The summed E-state index contributed by atoms with van der Waals surface area (Å²) in [5.74, 6) is -1.22. The van der Waals surface area contributed by atoms with E-state index in [1.54, 1.807) is 0 Å². The normalized spacial score (nSPS) is 15.9. The van der Waals surface area contributed by atoms with Gasteiger partial charge in [-0.15, -0.1) is 0 Å². The largest absolute Gasteiger partial charge is 0.505 e. The van der Waals surface area contributed by atoms with E-state index in [4.69, 9.17) is 5.73 Å². The average Bonchev–Trinajstić information content (AvgIpc) is 2.18. The van der Waals surface area contributed by atoms with Crippen molar-refractivity contribution in [2.45, 2.75) is 32.9 Å². The Morgan fingerprint density at radius 2 is 1.88 bits per heavy atom. The molecule has 0 spiro atoms. The zero-order valence-corrected chi connectivity index (χ0v) is 9.74. The number of aromatic hydroxyl groups is 1. The van der Waals surface area contributed by atoms with Gasteiger partial charge in [0.25, 0.3) is 0 Å².